The third-order valence-corrected chi connectivity index (χ3v) is 15.0. The van der Waals surface area contributed by atoms with E-state index in [-0.39, 0.29) is 0 Å². The number of rotatable bonds is 8. The number of hydrogen-bond acceptors (Lipinski definition) is 4. The first-order chi connectivity index (χ1) is 36.6. The molecule has 1 aliphatic carbocycles. The average molecular weight is 940 g/mol. The molecule has 0 bridgehead atoms. The first-order valence-electron chi connectivity index (χ1n) is 25.7. The maximum atomic E-state index is 10.0. The van der Waals surface area contributed by atoms with Crippen molar-refractivity contribution in [2.24, 2.45) is 0 Å². The largest absolute Gasteiger partial charge is 0.278 e. The van der Waals surface area contributed by atoms with Crippen LogP contribution in [0.5, 0.6) is 0 Å². The minimum absolute atomic E-state index is 0.554. The molecule has 14 aromatic rings. The van der Waals surface area contributed by atoms with Gasteiger partial charge in [-0.1, -0.05) is 158 Å². The van der Waals surface area contributed by atoms with Gasteiger partial charge in [0.05, 0.1) is 39.3 Å². The third kappa shape index (κ3) is 6.60. The Morgan fingerprint density at radius 2 is 0.863 bits per heavy atom. The van der Waals surface area contributed by atoms with Crippen molar-refractivity contribution < 1.29 is 1.37 Å². The lowest BCUT2D eigenvalue weighted by atomic mass is 9.85. The normalized spacial score (nSPS) is 13.8. The molecular formula is C65H46N8. The molecule has 0 unspecified atom stereocenters. The Morgan fingerprint density at radius 1 is 0.384 bits per heavy atom. The van der Waals surface area contributed by atoms with E-state index in [1.807, 2.05) is 12.3 Å². The fraction of sp³-hybridized carbons (Fsp3) is 0.0769. The van der Waals surface area contributed by atoms with Crippen molar-refractivity contribution in [3.63, 3.8) is 0 Å². The highest BCUT2D eigenvalue weighted by atomic mass is 15.2. The molecule has 15 rings (SSSR count). The standard InChI is InChI=1S/C65H46N8/c1-5-20-42(21-6-1)49-37-51(44-24-9-3-10-25-44)52(38-50(49)43-22-7-2-8-23-43)46-28-19-31-48(36-46)71-57-33-16-17-34-58(57)72-60-40-54(53(45-26-13-14-27-45)39-55(60)67-64(71)72)62-66-41-61-63(68-62)69-65-70(47-29-11-4-12-30-47)56-32-15-18-35-59(56)73(61)65/h1-12,15-25,28-41,45H,13-14,26-27H2/i45D. The van der Waals surface area contributed by atoms with Gasteiger partial charge < -0.3 is 0 Å². The maximum absolute atomic E-state index is 10.0. The molecule has 0 radical (unpaired) electrons. The van der Waals surface area contributed by atoms with Gasteiger partial charge in [0.25, 0.3) is 0 Å². The number of benzene rings is 9. The van der Waals surface area contributed by atoms with Crippen LogP contribution < -0.4 is 0 Å². The molecule has 9 aromatic carbocycles. The summed E-state index contributed by atoms with van der Waals surface area (Å²) >= 11 is 0. The van der Waals surface area contributed by atoms with Gasteiger partial charge in [0.15, 0.2) is 11.5 Å². The Hall–Kier alpha value is -9.40. The van der Waals surface area contributed by atoms with Crippen LogP contribution in [0, 0.1) is 0 Å². The highest BCUT2D eigenvalue weighted by Gasteiger charge is 2.27. The van der Waals surface area contributed by atoms with Gasteiger partial charge in [0, 0.05) is 18.3 Å². The lowest BCUT2D eigenvalue weighted by Crippen LogP contribution is -2.00. The van der Waals surface area contributed by atoms with Crippen LogP contribution in [0.3, 0.4) is 0 Å². The van der Waals surface area contributed by atoms with Crippen molar-refractivity contribution in [2.45, 2.75) is 31.6 Å². The first kappa shape index (κ1) is 40.3. The highest BCUT2D eigenvalue weighted by molar-refractivity contribution is 5.98. The molecule has 0 atom stereocenters. The van der Waals surface area contributed by atoms with E-state index in [1.54, 1.807) is 0 Å². The van der Waals surface area contributed by atoms with Crippen LogP contribution in [-0.4, -0.2) is 37.9 Å². The van der Waals surface area contributed by atoms with E-state index in [9.17, 15) is 1.37 Å². The molecule has 0 aliphatic heterocycles. The summed E-state index contributed by atoms with van der Waals surface area (Å²) in [5.74, 6) is 1.30. The molecule has 0 amide bonds. The van der Waals surface area contributed by atoms with Gasteiger partial charge in [-0.05, 0) is 142 Å². The van der Waals surface area contributed by atoms with Crippen molar-refractivity contribution in [1.29, 1.82) is 0 Å². The summed E-state index contributed by atoms with van der Waals surface area (Å²) in [5.41, 5.74) is 20.4. The van der Waals surface area contributed by atoms with Gasteiger partial charge in [-0.15, -0.1) is 0 Å². The van der Waals surface area contributed by atoms with Crippen molar-refractivity contribution in [1.82, 2.24) is 37.9 Å². The predicted octanol–water partition coefficient (Wildman–Crippen LogP) is 16.0. The third-order valence-electron chi connectivity index (χ3n) is 15.0. The van der Waals surface area contributed by atoms with Crippen molar-refractivity contribution in [2.75, 3.05) is 0 Å². The summed E-state index contributed by atoms with van der Waals surface area (Å²) in [6, 6.07) is 77.4. The maximum Gasteiger partial charge on any atom is 0.222 e. The van der Waals surface area contributed by atoms with E-state index in [1.165, 1.54) is 16.7 Å². The fourth-order valence-corrected chi connectivity index (χ4v) is 11.6. The Bertz CT molecular complexity index is 4490. The second kappa shape index (κ2) is 16.6. The summed E-state index contributed by atoms with van der Waals surface area (Å²) in [6.07, 6.45) is 5.41. The summed E-state index contributed by atoms with van der Waals surface area (Å²) in [7, 11) is 0. The van der Waals surface area contributed by atoms with E-state index >= 15 is 0 Å². The molecule has 346 valence electrons. The van der Waals surface area contributed by atoms with Gasteiger partial charge >= 0.3 is 0 Å². The van der Waals surface area contributed by atoms with E-state index in [2.05, 4.69) is 230 Å². The van der Waals surface area contributed by atoms with Gasteiger partial charge in [0.1, 0.15) is 5.52 Å². The molecule has 0 saturated heterocycles. The zero-order valence-corrected chi connectivity index (χ0v) is 39.8. The van der Waals surface area contributed by atoms with Gasteiger partial charge in [-0.25, -0.2) is 15.0 Å². The predicted molar refractivity (Wildman–Crippen MR) is 297 cm³/mol. The molecule has 8 nitrogen and oxygen atoms in total. The number of aromatic nitrogens is 8. The zero-order valence-electron chi connectivity index (χ0n) is 40.8. The smallest absolute Gasteiger partial charge is 0.222 e. The van der Waals surface area contributed by atoms with Crippen molar-refractivity contribution in [3.8, 4) is 67.3 Å². The minimum atomic E-state index is -0.814. The van der Waals surface area contributed by atoms with E-state index < -0.39 is 5.89 Å². The number of imidazole rings is 4. The molecule has 8 heteroatoms. The average Bonchev–Trinajstić information content (AvgIpc) is 4.29. The summed E-state index contributed by atoms with van der Waals surface area (Å²) in [4.78, 5) is 21.2. The Labute approximate surface area is 422 Å². The summed E-state index contributed by atoms with van der Waals surface area (Å²) < 4.78 is 18.9. The molecule has 1 fully saturated rings. The van der Waals surface area contributed by atoms with Crippen molar-refractivity contribution >= 4 is 55.8 Å². The van der Waals surface area contributed by atoms with E-state index in [0.717, 1.165) is 126 Å². The quantitative estimate of drug-likeness (QED) is 0.152. The molecule has 1 aliphatic rings. The van der Waals surface area contributed by atoms with Crippen LogP contribution in [0.2, 0.25) is 0 Å². The molecule has 5 heterocycles. The lowest BCUT2D eigenvalue weighted by Gasteiger charge is -2.19. The number of fused-ring (bicyclic) bond motifs is 10. The Balaban J connectivity index is 0.932. The van der Waals surface area contributed by atoms with Crippen LogP contribution in [0.15, 0.2) is 225 Å². The molecule has 5 aromatic heterocycles. The van der Waals surface area contributed by atoms with E-state index in [0.29, 0.717) is 11.5 Å². The fourth-order valence-electron chi connectivity index (χ4n) is 11.6. The molecule has 0 spiro atoms. The zero-order chi connectivity index (χ0) is 48.9. The van der Waals surface area contributed by atoms with Gasteiger partial charge in [-0.3, -0.25) is 17.9 Å². The van der Waals surface area contributed by atoms with Gasteiger partial charge in [-0.2, -0.15) is 4.98 Å². The second-order valence-electron chi connectivity index (χ2n) is 19.2. The minimum Gasteiger partial charge on any atom is -0.278 e. The number of nitrogens with zero attached hydrogens (tertiary/aromatic N) is 8. The molecule has 1 saturated carbocycles. The molecule has 73 heavy (non-hydrogen) atoms. The molecule has 0 N–H and O–H groups in total. The van der Waals surface area contributed by atoms with Crippen LogP contribution in [0.1, 0.15) is 38.5 Å². The summed E-state index contributed by atoms with van der Waals surface area (Å²) in [5, 5.41) is 0. The summed E-state index contributed by atoms with van der Waals surface area (Å²) in [6.45, 7) is 0. The monoisotopic (exact) mass is 939 g/mol. The Morgan fingerprint density at radius 3 is 1.47 bits per heavy atom. The van der Waals surface area contributed by atoms with Crippen LogP contribution >= 0.6 is 0 Å². The second-order valence-corrected chi connectivity index (χ2v) is 19.2. The molecular weight excluding hydrogens is 893 g/mol. The van der Waals surface area contributed by atoms with E-state index in [4.69, 9.17) is 19.9 Å². The SMILES string of the molecule is [2H]C1(c2cc3nc4n(-c5cccc(-c6cc(-c7ccccc7)c(-c7ccccc7)cc6-c6ccccc6)c5)c5ccccc5n4c3cc2-c2ncc3c(n2)nc2n(-c4ccccc4)c4ccccc4n32)CCCC1. The van der Waals surface area contributed by atoms with Crippen LogP contribution in [0.4, 0.5) is 0 Å². The topological polar surface area (TPSA) is 70.2 Å². The van der Waals surface area contributed by atoms with Gasteiger partial charge in [0.2, 0.25) is 11.6 Å². The van der Waals surface area contributed by atoms with Crippen molar-refractivity contribution in [3.05, 3.63) is 230 Å². The van der Waals surface area contributed by atoms with Crippen LogP contribution in [0.25, 0.3) is 123 Å². The Kier molecular flexibility index (Phi) is 9.18. The highest BCUT2D eigenvalue weighted by Crippen LogP contribution is 2.45. The first-order valence-corrected chi connectivity index (χ1v) is 25.2. The lowest BCUT2D eigenvalue weighted by molar-refractivity contribution is 0.725. The number of hydrogen-bond donors (Lipinski definition) is 0. The number of para-hydroxylation sites is 5. The van der Waals surface area contributed by atoms with Crippen LogP contribution in [-0.2, 0) is 0 Å².